The molecule has 1 heterocycles. The lowest BCUT2D eigenvalue weighted by molar-refractivity contribution is -0.279. The average Bonchev–Trinajstić information content (AvgIpc) is 2.15. The van der Waals surface area contributed by atoms with Crippen molar-refractivity contribution in [3.05, 3.63) is 0 Å². The molecule has 0 aromatic carbocycles. The van der Waals surface area contributed by atoms with Gasteiger partial charge in [-0.15, -0.1) is 0 Å². The molecule has 78 valence electrons. The summed E-state index contributed by atoms with van der Waals surface area (Å²) in [7, 11) is 0. The van der Waals surface area contributed by atoms with Crippen LogP contribution in [0, 0.1) is 23.2 Å². The molecule has 2 heteroatoms. The van der Waals surface area contributed by atoms with Gasteiger partial charge in [-0.3, -0.25) is 0 Å². The Bertz CT molecular complexity index is 249. The first kappa shape index (κ1) is 8.12. The molecule has 14 heavy (non-hydrogen) atoms. The molecule has 5 rings (SSSR count). The fourth-order valence-corrected chi connectivity index (χ4v) is 5.04. The highest BCUT2D eigenvalue weighted by Gasteiger charge is 2.58. The van der Waals surface area contributed by atoms with Crippen molar-refractivity contribution < 1.29 is 9.47 Å². The van der Waals surface area contributed by atoms with Gasteiger partial charge in [-0.05, 0) is 49.9 Å². The summed E-state index contributed by atoms with van der Waals surface area (Å²) in [5, 5.41) is 0. The van der Waals surface area contributed by atoms with Crippen molar-refractivity contribution in [1.29, 1.82) is 0 Å². The van der Waals surface area contributed by atoms with Crippen molar-refractivity contribution in [3.8, 4) is 0 Å². The Morgan fingerprint density at radius 2 is 1.79 bits per heavy atom. The van der Waals surface area contributed by atoms with Gasteiger partial charge in [0.25, 0.3) is 0 Å². The molecule has 5 atom stereocenters. The van der Waals surface area contributed by atoms with E-state index in [0.717, 1.165) is 24.4 Å². The van der Waals surface area contributed by atoms with Crippen molar-refractivity contribution in [2.24, 2.45) is 23.2 Å². The van der Waals surface area contributed by atoms with E-state index in [1.165, 1.54) is 32.1 Å². The van der Waals surface area contributed by atoms with E-state index in [2.05, 4.69) is 0 Å². The predicted molar refractivity (Wildman–Crippen MR) is 51.7 cm³/mol. The molecule has 0 aromatic heterocycles. The van der Waals surface area contributed by atoms with Gasteiger partial charge in [0.2, 0.25) is 0 Å². The molecular formula is C12H18O2. The van der Waals surface area contributed by atoms with E-state index >= 15 is 0 Å². The van der Waals surface area contributed by atoms with E-state index < -0.39 is 0 Å². The Labute approximate surface area is 85.0 Å². The Balaban J connectivity index is 1.75. The summed E-state index contributed by atoms with van der Waals surface area (Å²) >= 11 is 0. The zero-order chi connectivity index (χ0) is 9.17. The van der Waals surface area contributed by atoms with Crippen LogP contribution in [0.3, 0.4) is 0 Å². The highest BCUT2D eigenvalue weighted by atomic mass is 16.7. The van der Waals surface area contributed by atoms with Crippen LogP contribution < -0.4 is 0 Å². The van der Waals surface area contributed by atoms with Crippen LogP contribution in [0.25, 0.3) is 0 Å². The maximum Gasteiger partial charge on any atom is 0.147 e. The smallest absolute Gasteiger partial charge is 0.147 e. The van der Waals surface area contributed by atoms with E-state index in [4.69, 9.17) is 9.47 Å². The third-order valence-electron chi connectivity index (χ3n) is 5.08. The van der Waals surface area contributed by atoms with Crippen LogP contribution >= 0.6 is 0 Å². The second-order valence-electron chi connectivity index (χ2n) is 6.02. The van der Waals surface area contributed by atoms with Crippen molar-refractivity contribution in [1.82, 2.24) is 0 Å². The molecule has 0 aromatic rings. The van der Waals surface area contributed by atoms with Crippen LogP contribution in [-0.2, 0) is 9.47 Å². The Hall–Kier alpha value is -0.0800. The SMILES string of the molecule is C1OCC23C[C@@H]4CC(C[C@@H](C4)C2)C3O1. The summed E-state index contributed by atoms with van der Waals surface area (Å²) in [6.07, 6.45) is 7.75. The molecule has 0 radical (unpaired) electrons. The van der Waals surface area contributed by atoms with Crippen molar-refractivity contribution in [2.45, 2.75) is 38.2 Å². The summed E-state index contributed by atoms with van der Waals surface area (Å²) in [6.45, 7) is 1.54. The van der Waals surface area contributed by atoms with E-state index in [9.17, 15) is 0 Å². The maximum atomic E-state index is 5.89. The van der Waals surface area contributed by atoms with Crippen molar-refractivity contribution in [2.75, 3.05) is 13.4 Å². The third-order valence-corrected chi connectivity index (χ3v) is 5.08. The first-order valence-corrected chi connectivity index (χ1v) is 6.05. The van der Waals surface area contributed by atoms with Crippen LogP contribution in [0.4, 0.5) is 0 Å². The number of hydrogen-bond acceptors (Lipinski definition) is 2. The van der Waals surface area contributed by atoms with E-state index in [0.29, 0.717) is 18.3 Å². The lowest BCUT2D eigenvalue weighted by Gasteiger charge is -2.62. The second-order valence-corrected chi connectivity index (χ2v) is 6.02. The monoisotopic (exact) mass is 194 g/mol. The van der Waals surface area contributed by atoms with Crippen LogP contribution in [0.2, 0.25) is 0 Å². The van der Waals surface area contributed by atoms with E-state index in [-0.39, 0.29) is 0 Å². The third kappa shape index (κ3) is 0.892. The molecular weight excluding hydrogens is 176 g/mol. The minimum absolute atomic E-state index is 0.451. The summed E-state index contributed by atoms with van der Waals surface area (Å²) in [5.41, 5.74) is 0.451. The molecule has 3 unspecified atom stereocenters. The standard InChI is InChI=1S/C12H18O2/c1-8-2-10-3-9(1)5-12(4-8)6-13-7-14-11(10)12/h8-11H,1-7H2/t8-,9+,10?,11?,12?. The fraction of sp³-hybridized carbons (Fsp3) is 1.00. The van der Waals surface area contributed by atoms with E-state index in [1.54, 1.807) is 0 Å². The molecule has 1 spiro atoms. The highest BCUT2D eigenvalue weighted by molar-refractivity contribution is 5.07. The van der Waals surface area contributed by atoms with Gasteiger partial charge in [0, 0.05) is 5.41 Å². The van der Waals surface area contributed by atoms with Crippen LogP contribution in [-0.4, -0.2) is 19.5 Å². The normalized spacial score (nSPS) is 60.0. The Kier molecular flexibility index (Phi) is 1.47. The lowest BCUT2D eigenvalue weighted by Crippen LogP contribution is -2.60. The largest absolute Gasteiger partial charge is 0.355 e. The van der Waals surface area contributed by atoms with Gasteiger partial charge in [-0.1, -0.05) is 0 Å². The molecule has 2 nitrogen and oxygen atoms in total. The van der Waals surface area contributed by atoms with Gasteiger partial charge < -0.3 is 9.47 Å². The minimum Gasteiger partial charge on any atom is -0.355 e. The summed E-state index contributed by atoms with van der Waals surface area (Å²) in [5.74, 6) is 2.90. The Morgan fingerprint density at radius 3 is 2.57 bits per heavy atom. The van der Waals surface area contributed by atoms with Gasteiger partial charge in [0.1, 0.15) is 6.79 Å². The first-order valence-electron chi connectivity index (χ1n) is 6.05. The molecule has 4 saturated carbocycles. The zero-order valence-corrected chi connectivity index (χ0v) is 8.58. The van der Waals surface area contributed by atoms with E-state index in [1.807, 2.05) is 0 Å². The molecule has 5 fully saturated rings. The zero-order valence-electron chi connectivity index (χ0n) is 8.58. The highest BCUT2D eigenvalue weighted by Crippen LogP contribution is 2.61. The molecule has 0 amide bonds. The quantitative estimate of drug-likeness (QED) is 0.588. The molecule has 4 bridgehead atoms. The molecule has 1 saturated heterocycles. The molecule has 0 N–H and O–H groups in total. The van der Waals surface area contributed by atoms with Gasteiger partial charge in [-0.2, -0.15) is 0 Å². The first-order chi connectivity index (χ1) is 6.86. The molecule has 4 aliphatic carbocycles. The van der Waals surface area contributed by atoms with Gasteiger partial charge in [0.15, 0.2) is 0 Å². The summed E-state index contributed by atoms with van der Waals surface area (Å²) in [4.78, 5) is 0. The summed E-state index contributed by atoms with van der Waals surface area (Å²) < 4.78 is 11.4. The van der Waals surface area contributed by atoms with Crippen LogP contribution in [0.1, 0.15) is 32.1 Å². The number of hydrogen-bond donors (Lipinski definition) is 0. The van der Waals surface area contributed by atoms with Gasteiger partial charge >= 0.3 is 0 Å². The molecule has 5 aliphatic rings. The lowest BCUT2D eigenvalue weighted by atomic mass is 9.48. The fourth-order valence-electron chi connectivity index (χ4n) is 5.04. The topological polar surface area (TPSA) is 18.5 Å². The Morgan fingerprint density at radius 1 is 1.00 bits per heavy atom. The van der Waals surface area contributed by atoms with Crippen molar-refractivity contribution >= 4 is 0 Å². The van der Waals surface area contributed by atoms with Crippen LogP contribution in [0.15, 0.2) is 0 Å². The van der Waals surface area contributed by atoms with Gasteiger partial charge in [-0.25, -0.2) is 0 Å². The van der Waals surface area contributed by atoms with Crippen molar-refractivity contribution in [3.63, 3.8) is 0 Å². The average molecular weight is 194 g/mol. The second kappa shape index (κ2) is 2.53. The number of rotatable bonds is 0. The predicted octanol–water partition coefficient (Wildman–Crippen LogP) is 2.19. The van der Waals surface area contributed by atoms with Gasteiger partial charge in [0.05, 0.1) is 12.7 Å². The van der Waals surface area contributed by atoms with Crippen LogP contribution in [0.5, 0.6) is 0 Å². The summed E-state index contributed by atoms with van der Waals surface area (Å²) in [6, 6.07) is 0. The minimum atomic E-state index is 0.451. The maximum absolute atomic E-state index is 5.89. The number of ether oxygens (including phenoxy) is 2. The molecule has 1 aliphatic heterocycles.